The lowest BCUT2D eigenvalue weighted by atomic mass is 10.2. The van der Waals surface area contributed by atoms with Gasteiger partial charge in [0.2, 0.25) is 5.91 Å². The molecule has 7 nitrogen and oxygen atoms in total. The molecule has 0 fully saturated rings. The van der Waals surface area contributed by atoms with Crippen LogP contribution >= 0.6 is 11.6 Å². The number of halogens is 1. The molecule has 0 radical (unpaired) electrons. The molecule has 0 heterocycles. The summed E-state index contributed by atoms with van der Waals surface area (Å²) in [5, 5.41) is 5.69. The molecule has 1 aromatic carbocycles. The second-order valence-corrected chi connectivity index (χ2v) is 5.44. The Morgan fingerprint density at radius 1 is 1.12 bits per heavy atom. The predicted octanol–water partition coefficient (Wildman–Crippen LogP) is 2.58. The summed E-state index contributed by atoms with van der Waals surface area (Å²) in [6.45, 7) is 3.53. The lowest BCUT2D eigenvalue weighted by molar-refractivity contribution is -0.138. The van der Waals surface area contributed by atoms with E-state index in [4.69, 9.17) is 11.6 Å². The van der Waals surface area contributed by atoms with Gasteiger partial charge in [-0.1, -0.05) is 25.4 Å². The molecule has 1 rings (SSSR count). The Bertz CT molecular complexity index is 670. The SMILES string of the molecule is COC(=O)/C=C(/Nc1ccc(NC(=O)C(C)C)c(Cl)c1)C(=O)OC. The van der Waals surface area contributed by atoms with Gasteiger partial charge >= 0.3 is 11.9 Å². The molecule has 2 N–H and O–H groups in total. The van der Waals surface area contributed by atoms with E-state index in [1.165, 1.54) is 20.3 Å². The van der Waals surface area contributed by atoms with Crippen molar-refractivity contribution in [3.8, 4) is 0 Å². The molecule has 0 aromatic heterocycles. The molecule has 0 saturated heterocycles. The van der Waals surface area contributed by atoms with Crippen molar-refractivity contribution in [3.05, 3.63) is 35.0 Å². The van der Waals surface area contributed by atoms with Gasteiger partial charge in [-0.25, -0.2) is 9.59 Å². The number of amides is 1. The highest BCUT2D eigenvalue weighted by atomic mass is 35.5. The first-order chi connectivity index (χ1) is 11.3. The fourth-order valence-corrected chi connectivity index (χ4v) is 1.79. The summed E-state index contributed by atoms with van der Waals surface area (Å²) in [6, 6.07) is 4.68. The molecule has 1 aromatic rings. The second-order valence-electron chi connectivity index (χ2n) is 5.04. The molecule has 8 heteroatoms. The molecule has 130 valence electrons. The summed E-state index contributed by atoms with van der Waals surface area (Å²) in [5.41, 5.74) is 0.764. The summed E-state index contributed by atoms with van der Waals surface area (Å²) in [7, 11) is 2.38. The number of hydrogen-bond acceptors (Lipinski definition) is 6. The van der Waals surface area contributed by atoms with E-state index in [1.54, 1.807) is 26.0 Å². The maximum Gasteiger partial charge on any atom is 0.354 e. The van der Waals surface area contributed by atoms with Gasteiger partial charge in [0.05, 0.1) is 31.0 Å². The standard InChI is InChI=1S/C16H19ClN2O5/c1-9(2)15(21)19-12-6-5-10(7-11(12)17)18-13(16(22)24-4)8-14(20)23-3/h5-9,18H,1-4H3,(H,19,21)/b13-8+. The second kappa shape index (κ2) is 8.93. The van der Waals surface area contributed by atoms with Gasteiger partial charge in [0.1, 0.15) is 5.70 Å². The van der Waals surface area contributed by atoms with E-state index in [2.05, 4.69) is 20.1 Å². The normalized spacial score (nSPS) is 11.0. The van der Waals surface area contributed by atoms with Crippen LogP contribution in [0.4, 0.5) is 11.4 Å². The average molecular weight is 355 g/mol. The van der Waals surface area contributed by atoms with Crippen LogP contribution in [0.1, 0.15) is 13.8 Å². The molecular weight excluding hydrogens is 336 g/mol. The molecule has 0 aliphatic carbocycles. The van der Waals surface area contributed by atoms with Crippen molar-refractivity contribution in [2.45, 2.75) is 13.8 Å². The number of esters is 2. The number of carbonyl (C=O) groups is 3. The summed E-state index contributed by atoms with van der Waals surface area (Å²) in [5.74, 6) is -1.81. The van der Waals surface area contributed by atoms with Crippen molar-refractivity contribution < 1.29 is 23.9 Å². The molecule has 0 atom stereocenters. The van der Waals surface area contributed by atoms with Gasteiger partial charge in [-0.3, -0.25) is 4.79 Å². The lowest BCUT2D eigenvalue weighted by Gasteiger charge is -2.13. The Balaban J connectivity index is 2.99. The fourth-order valence-electron chi connectivity index (χ4n) is 1.56. The van der Waals surface area contributed by atoms with E-state index in [9.17, 15) is 14.4 Å². The first-order valence-corrected chi connectivity index (χ1v) is 7.41. The number of hydrogen-bond donors (Lipinski definition) is 2. The van der Waals surface area contributed by atoms with Gasteiger partial charge in [-0.15, -0.1) is 0 Å². The van der Waals surface area contributed by atoms with Crippen molar-refractivity contribution >= 4 is 40.8 Å². The zero-order chi connectivity index (χ0) is 18.3. The third-order valence-corrected chi connectivity index (χ3v) is 3.21. The molecule has 0 aliphatic heterocycles. The summed E-state index contributed by atoms with van der Waals surface area (Å²) < 4.78 is 9.08. The van der Waals surface area contributed by atoms with Crippen molar-refractivity contribution in [2.24, 2.45) is 5.92 Å². The van der Waals surface area contributed by atoms with Crippen LogP contribution in [-0.4, -0.2) is 32.1 Å². The van der Waals surface area contributed by atoms with Crippen LogP contribution in [0.15, 0.2) is 30.0 Å². The van der Waals surface area contributed by atoms with Gasteiger partial charge in [0.15, 0.2) is 0 Å². The molecule has 0 spiro atoms. The summed E-state index contributed by atoms with van der Waals surface area (Å²) in [4.78, 5) is 34.7. The highest BCUT2D eigenvalue weighted by Crippen LogP contribution is 2.26. The van der Waals surface area contributed by atoms with Crippen LogP contribution in [0.25, 0.3) is 0 Å². The molecule has 0 saturated carbocycles. The van der Waals surface area contributed by atoms with Gasteiger partial charge < -0.3 is 20.1 Å². The van der Waals surface area contributed by atoms with Crippen LogP contribution < -0.4 is 10.6 Å². The van der Waals surface area contributed by atoms with E-state index in [-0.39, 0.29) is 22.5 Å². The topological polar surface area (TPSA) is 93.7 Å². The smallest absolute Gasteiger partial charge is 0.354 e. The third kappa shape index (κ3) is 5.58. The summed E-state index contributed by atoms with van der Waals surface area (Å²) in [6.07, 6.45) is 0.966. The Labute approximate surface area is 145 Å². The maximum absolute atomic E-state index is 11.7. The Morgan fingerprint density at radius 3 is 2.29 bits per heavy atom. The third-order valence-electron chi connectivity index (χ3n) is 2.90. The number of carbonyl (C=O) groups excluding carboxylic acids is 3. The monoisotopic (exact) mass is 354 g/mol. The van der Waals surface area contributed by atoms with E-state index in [1.807, 2.05) is 0 Å². The molecule has 0 aliphatic rings. The van der Waals surface area contributed by atoms with E-state index in [0.29, 0.717) is 11.4 Å². The number of anilines is 2. The number of methoxy groups -OCH3 is 2. The van der Waals surface area contributed by atoms with Crippen LogP contribution in [-0.2, 0) is 23.9 Å². The van der Waals surface area contributed by atoms with E-state index in [0.717, 1.165) is 6.08 Å². The van der Waals surface area contributed by atoms with Gasteiger partial charge in [-0.2, -0.15) is 0 Å². The molecule has 0 bridgehead atoms. The van der Waals surface area contributed by atoms with Gasteiger partial charge in [0, 0.05) is 11.6 Å². The molecule has 1 amide bonds. The fraction of sp³-hybridized carbons (Fsp3) is 0.312. The van der Waals surface area contributed by atoms with Crippen molar-refractivity contribution in [3.63, 3.8) is 0 Å². The summed E-state index contributed by atoms with van der Waals surface area (Å²) >= 11 is 6.13. The maximum atomic E-state index is 11.7. The Hall–Kier alpha value is -2.54. The zero-order valence-electron chi connectivity index (χ0n) is 13.8. The predicted molar refractivity (Wildman–Crippen MR) is 90.7 cm³/mol. The van der Waals surface area contributed by atoms with Crippen LogP contribution in [0.5, 0.6) is 0 Å². The lowest BCUT2D eigenvalue weighted by Crippen LogP contribution is -2.18. The average Bonchev–Trinajstić information content (AvgIpc) is 2.55. The van der Waals surface area contributed by atoms with E-state index >= 15 is 0 Å². The van der Waals surface area contributed by atoms with Crippen molar-refractivity contribution in [2.75, 3.05) is 24.9 Å². The first kappa shape index (κ1) is 19.5. The molecular formula is C16H19ClN2O5. The van der Waals surface area contributed by atoms with Gasteiger partial charge in [-0.05, 0) is 18.2 Å². The van der Waals surface area contributed by atoms with Crippen molar-refractivity contribution in [1.82, 2.24) is 0 Å². The van der Waals surface area contributed by atoms with Gasteiger partial charge in [0.25, 0.3) is 0 Å². The van der Waals surface area contributed by atoms with E-state index < -0.39 is 11.9 Å². The minimum atomic E-state index is -0.742. The first-order valence-electron chi connectivity index (χ1n) is 7.03. The molecule has 24 heavy (non-hydrogen) atoms. The number of benzene rings is 1. The highest BCUT2D eigenvalue weighted by Gasteiger charge is 2.14. The highest BCUT2D eigenvalue weighted by molar-refractivity contribution is 6.34. The number of rotatable bonds is 6. The quantitative estimate of drug-likeness (QED) is 0.602. The Kier molecular flexibility index (Phi) is 7.26. The number of nitrogens with one attached hydrogen (secondary N) is 2. The van der Waals surface area contributed by atoms with Crippen LogP contribution in [0.3, 0.4) is 0 Å². The van der Waals surface area contributed by atoms with Crippen LogP contribution in [0.2, 0.25) is 5.02 Å². The largest absolute Gasteiger partial charge is 0.466 e. The van der Waals surface area contributed by atoms with Crippen LogP contribution in [0, 0.1) is 5.92 Å². The van der Waals surface area contributed by atoms with Crippen molar-refractivity contribution in [1.29, 1.82) is 0 Å². The zero-order valence-corrected chi connectivity index (χ0v) is 14.6. The Morgan fingerprint density at radius 2 is 1.79 bits per heavy atom. The minimum Gasteiger partial charge on any atom is -0.466 e. The number of ether oxygens (including phenoxy) is 2. The molecule has 0 unspecified atom stereocenters. The minimum absolute atomic E-state index is 0.112.